The van der Waals surface area contributed by atoms with Crippen LogP contribution in [0.5, 0.6) is 5.88 Å². The first-order chi connectivity index (χ1) is 8.55. The SMILES string of the molecule is CC.CC1(C)OCC(COc2ccc(N)nn2)O1. The van der Waals surface area contributed by atoms with Crippen LogP contribution in [0.2, 0.25) is 0 Å². The topological polar surface area (TPSA) is 79.5 Å². The third-order valence-corrected chi connectivity index (χ3v) is 2.15. The molecule has 0 radical (unpaired) electrons. The van der Waals surface area contributed by atoms with Crippen LogP contribution in [0.3, 0.4) is 0 Å². The van der Waals surface area contributed by atoms with Crippen molar-refractivity contribution in [2.24, 2.45) is 0 Å². The number of ether oxygens (including phenoxy) is 3. The molecule has 102 valence electrons. The van der Waals surface area contributed by atoms with Crippen LogP contribution < -0.4 is 10.5 Å². The average Bonchev–Trinajstić information content (AvgIpc) is 2.71. The van der Waals surface area contributed by atoms with Gasteiger partial charge in [-0.25, -0.2) is 0 Å². The number of hydrogen-bond donors (Lipinski definition) is 1. The molecule has 0 saturated carbocycles. The number of nitrogens with two attached hydrogens (primary N) is 1. The Labute approximate surface area is 107 Å². The van der Waals surface area contributed by atoms with Crippen LogP contribution in [-0.2, 0) is 9.47 Å². The van der Waals surface area contributed by atoms with Crippen LogP contribution in [0, 0.1) is 0 Å². The highest BCUT2D eigenvalue weighted by Crippen LogP contribution is 2.22. The van der Waals surface area contributed by atoms with Gasteiger partial charge in [0.2, 0.25) is 5.88 Å². The van der Waals surface area contributed by atoms with E-state index in [-0.39, 0.29) is 6.10 Å². The van der Waals surface area contributed by atoms with Crippen molar-refractivity contribution < 1.29 is 14.2 Å². The van der Waals surface area contributed by atoms with E-state index in [4.69, 9.17) is 19.9 Å². The molecule has 2 N–H and O–H groups in total. The molecule has 1 saturated heterocycles. The van der Waals surface area contributed by atoms with E-state index in [0.717, 1.165) is 0 Å². The number of nitrogen functional groups attached to an aromatic ring is 1. The van der Waals surface area contributed by atoms with Crippen molar-refractivity contribution in [3.05, 3.63) is 12.1 Å². The van der Waals surface area contributed by atoms with Gasteiger partial charge in [-0.15, -0.1) is 10.2 Å². The number of aromatic nitrogens is 2. The van der Waals surface area contributed by atoms with Crippen molar-refractivity contribution >= 4 is 5.82 Å². The first-order valence-electron chi connectivity index (χ1n) is 6.09. The minimum absolute atomic E-state index is 0.0747. The lowest BCUT2D eigenvalue weighted by Crippen LogP contribution is -2.25. The van der Waals surface area contributed by atoms with E-state index in [1.54, 1.807) is 12.1 Å². The van der Waals surface area contributed by atoms with E-state index in [1.807, 2.05) is 27.7 Å². The molecule has 1 fully saturated rings. The van der Waals surface area contributed by atoms with E-state index < -0.39 is 5.79 Å². The predicted octanol–water partition coefficient (Wildman–Crippen LogP) is 1.62. The van der Waals surface area contributed by atoms with Gasteiger partial charge in [0.05, 0.1) is 6.61 Å². The van der Waals surface area contributed by atoms with Gasteiger partial charge < -0.3 is 19.9 Å². The lowest BCUT2D eigenvalue weighted by Gasteiger charge is -2.16. The van der Waals surface area contributed by atoms with Gasteiger partial charge in [-0.3, -0.25) is 0 Å². The van der Waals surface area contributed by atoms with Crippen LogP contribution in [0.25, 0.3) is 0 Å². The summed E-state index contributed by atoms with van der Waals surface area (Å²) in [5.74, 6) is 0.275. The second-order valence-electron chi connectivity index (χ2n) is 4.06. The number of anilines is 1. The van der Waals surface area contributed by atoms with Crippen LogP contribution in [-0.4, -0.2) is 35.3 Å². The first-order valence-corrected chi connectivity index (χ1v) is 6.09. The summed E-state index contributed by atoms with van der Waals surface area (Å²) in [6.45, 7) is 8.66. The quantitative estimate of drug-likeness (QED) is 0.884. The number of hydrogen-bond acceptors (Lipinski definition) is 6. The zero-order chi connectivity index (χ0) is 13.6. The molecule has 2 rings (SSSR count). The third kappa shape index (κ3) is 4.46. The van der Waals surface area contributed by atoms with E-state index in [9.17, 15) is 0 Å². The molecule has 0 aliphatic carbocycles. The first kappa shape index (κ1) is 14.7. The maximum atomic E-state index is 5.57. The van der Waals surface area contributed by atoms with Crippen LogP contribution >= 0.6 is 0 Å². The molecule has 1 unspecified atom stereocenters. The Morgan fingerprint density at radius 3 is 2.61 bits per heavy atom. The summed E-state index contributed by atoms with van der Waals surface area (Å²) in [7, 11) is 0. The average molecular weight is 255 g/mol. The maximum Gasteiger partial charge on any atom is 0.233 e. The molecule has 1 atom stereocenters. The largest absolute Gasteiger partial charge is 0.474 e. The Bertz CT molecular complexity index is 354. The van der Waals surface area contributed by atoms with E-state index in [2.05, 4.69) is 10.2 Å². The molecule has 1 aliphatic rings. The highest BCUT2D eigenvalue weighted by atomic mass is 16.7. The van der Waals surface area contributed by atoms with Crippen molar-refractivity contribution in [2.75, 3.05) is 18.9 Å². The molecule has 2 heterocycles. The molecule has 0 aromatic carbocycles. The van der Waals surface area contributed by atoms with E-state index in [1.165, 1.54) is 0 Å². The molecule has 18 heavy (non-hydrogen) atoms. The van der Waals surface area contributed by atoms with Crippen LogP contribution in [0.1, 0.15) is 27.7 Å². The number of rotatable bonds is 3. The van der Waals surface area contributed by atoms with E-state index in [0.29, 0.717) is 24.9 Å². The monoisotopic (exact) mass is 255 g/mol. The summed E-state index contributed by atoms with van der Waals surface area (Å²) in [5, 5.41) is 7.47. The third-order valence-electron chi connectivity index (χ3n) is 2.15. The predicted molar refractivity (Wildman–Crippen MR) is 68.2 cm³/mol. The van der Waals surface area contributed by atoms with Gasteiger partial charge in [-0.2, -0.15) is 0 Å². The fourth-order valence-electron chi connectivity index (χ4n) is 1.43. The molecule has 1 aromatic heterocycles. The molecule has 1 aliphatic heterocycles. The Balaban J connectivity index is 0.000000771. The zero-order valence-corrected chi connectivity index (χ0v) is 11.3. The Kier molecular flexibility index (Phi) is 5.30. The van der Waals surface area contributed by atoms with Gasteiger partial charge in [0.1, 0.15) is 18.5 Å². The summed E-state index contributed by atoms with van der Waals surface area (Å²) in [5.41, 5.74) is 5.41. The van der Waals surface area contributed by atoms with Crippen molar-refractivity contribution in [1.29, 1.82) is 0 Å². The molecular weight excluding hydrogens is 234 g/mol. The van der Waals surface area contributed by atoms with Gasteiger partial charge >= 0.3 is 0 Å². The van der Waals surface area contributed by atoms with Crippen molar-refractivity contribution in [3.63, 3.8) is 0 Å². The van der Waals surface area contributed by atoms with Gasteiger partial charge in [0.15, 0.2) is 5.79 Å². The zero-order valence-electron chi connectivity index (χ0n) is 11.3. The number of nitrogens with zero attached hydrogens (tertiary/aromatic N) is 2. The summed E-state index contributed by atoms with van der Waals surface area (Å²) < 4.78 is 16.4. The lowest BCUT2D eigenvalue weighted by molar-refractivity contribution is -0.141. The van der Waals surface area contributed by atoms with Gasteiger partial charge in [-0.05, 0) is 19.9 Å². The second-order valence-corrected chi connectivity index (χ2v) is 4.06. The molecule has 6 heteroatoms. The highest BCUT2D eigenvalue weighted by molar-refractivity contribution is 5.27. The normalized spacial score (nSPS) is 21.0. The van der Waals surface area contributed by atoms with Crippen LogP contribution in [0.15, 0.2) is 12.1 Å². The standard InChI is InChI=1S/C10H15N3O3.C2H6/c1-10(2)15-6-7(16-10)5-14-9-4-3-8(11)12-13-9;1-2/h3-4,7H,5-6H2,1-2H3,(H2,11,12);1-2H3. The molecule has 6 nitrogen and oxygen atoms in total. The molecular formula is C12H21N3O3. The van der Waals surface area contributed by atoms with Crippen molar-refractivity contribution in [3.8, 4) is 5.88 Å². The smallest absolute Gasteiger partial charge is 0.233 e. The van der Waals surface area contributed by atoms with Gasteiger partial charge in [0.25, 0.3) is 0 Å². The highest BCUT2D eigenvalue weighted by Gasteiger charge is 2.32. The fourth-order valence-corrected chi connectivity index (χ4v) is 1.43. The molecule has 0 amide bonds. The van der Waals surface area contributed by atoms with Crippen LogP contribution in [0.4, 0.5) is 5.82 Å². The minimum Gasteiger partial charge on any atom is -0.474 e. The van der Waals surface area contributed by atoms with Gasteiger partial charge in [-0.1, -0.05) is 13.8 Å². The molecule has 0 spiro atoms. The summed E-state index contributed by atoms with van der Waals surface area (Å²) >= 11 is 0. The van der Waals surface area contributed by atoms with Crippen molar-refractivity contribution in [1.82, 2.24) is 10.2 Å². The Morgan fingerprint density at radius 1 is 1.39 bits per heavy atom. The molecule has 0 bridgehead atoms. The summed E-state index contributed by atoms with van der Waals surface area (Å²) in [6, 6.07) is 3.31. The van der Waals surface area contributed by atoms with Crippen molar-refractivity contribution in [2.45, 2.75) is 39.6 Å². The van der Waals surface area contributed by atoms with Gasteiger partial charge in [0, 0.05) is 6.07 Å². The summed E-state index contributed by atoms with van der Waals surface area (Å²) in [6.07, 6.45) is -0.0747. The van der Waals surface area contributed by atoms with E-state index >= 15 is 0 Å². The fraction of sp³-hybridized carbons (Fsp3) is 0.667. The Hall–Kier alpha value is -1.40. The lowest BCUT2D eigenvalue weighted by atomic mass is 10.4. The Morgan fingerprint density at radius 2 is 2.11 bits per heavy atom. The maximum absolute atomic E-state index is 5.57. The minimum atomic E-state index is -0.527. The summed E-state index contributed by atoms with van der Waals surface area (Å²) in [4.78, 5) is 0. The molecule has 1 aromatic rings. The second kappa shape index (κ2) is 6.51.